The Hall–Kier alpha value is -4.37. The molecule has 3 aromatic heterocycles. The fraction of sp³-hybridized carbons (Fsp3) is 0. The molecule has 8 rings (SSSR count). The summed E-state index contributed by atoms with van der Waals surface area (Å²) in [7, 11) is -3.25. The maximum absolute atomic E-state index is 14.8. The van der Waals surface area contributed by atoms with Gasteiger partial charge in [0.1, 0.15) is 10.9 Å². The maximum Gasteiger partial charge on any atom is 0.206 e. The van der Waals surface area contributed by atoms with Crippen LogP contribution in [0.4, 0.5) is 0 Å². The van der Waals surface area contributed by atoms with Gasteiger partial charge < -0.3 is 4.57 Å². The molecule has 0 spiro atoms. The first-order chi connectivity index (χ1) is 19.2. The van der Waals surface area contributed by atoms with E-state index in [4.69, 9.17) is 0 Å². The van der Waals surface area contributed by atoms with Crippen molar-refractivity contribution in [2.45, 2.75) is 0 Å². The van der Waals surface area contributed by atoms with Crippen molar-refractivity contribution in [3.8, 4) is 0 Å². The quantitative estimate of drug-likeness (QED) is 0.170. The van der Waals surface area contributed by atoms with Crippen molar-refractivity contribution in [1.29, 1.82) is 0 Å². The Labute approximate surface area is 228 Å². The van der Waals surface area contributed by atoms with E-state index < -0.39 is 7.14 Å². The summed E-state index contributed by atoms with van der Waals surface area (Å²) in [5, 5.41) is 10.7. The molecule has 8 aromatic rings. The van der Waals surface area contributed by atoms with Gasteiger partial charge in [-0.1, -0.05) is 72.8 Å². The molecule has 3 nitrogen and oxygen atoms in total. The van der Waals surface area contributed by atoms with Crippen LogP contribution in [0.15, 0.2) is 128 Å². The van der Waals surface area contributed by atoms with Gasteiger partial charge in [-0.05, 0) is 74.8 Å². The molecule has 184 valence electrons. The predicted octanol–water partition coefficient (Wildman–Crippen LogP) is 7.94. The van der Waals surface area contributed by atoms with Gasteiger partial charge in [0.25, 0.3) is 0 Å². The first-order valence-corrected chi connectivity index (χ1v) is 15.4. The van der Waals surface area contributed by atoms with E-state index in [1.54, 1.807) is 23.7 Å². The van der Waals surface area contributed by atoms with Crippen LogP contribution < -0.4 is 16.2 Å². The van der Waals surface area contributed by atoms with Crippen LogP contribution in [0.5, 0.6) is 0 Å². The van der Waals surface area contributed by atoms with Gasteiger partial charge in [-0.15, -0.1) is 11.3 Å². The molecule has 5 heteroatoms. The molecule has 0 radical (unpaired) electrons. The monoisotopic (exact) mass is 536 g/mol. The van der Waals surface area contributed by atoms with Gasteiger partial charge in [0, 0.05) is 37.9 Å². The van der Waals surface area contributed by atoms with Crippen molar-refractivity contribution in [2.75, 3.05) is 0 Å². The molecule has 0 unspecified atom stereocenters. The number of rotatable bonds is 3. The van der Waals surface area contributed by atoms with E-state index in [1.165, 1.54) is 47.8 Å². The zero-order valence-electron chi connectivity index (χ0n) is 20.8. The topological polar surface area (TPSA) is 42.9 Å². The molecular weight excluding hydrogens is 515 g/mol. The van der Waals surface area contributed by atoms with Gasteiger partial charge in [0.2, 0.25) is 7.14 Å². The summed E-state index contributed by atoms with van der Waals surface area (Å²) in [5.41, 5.74) is 1.10. The molecule has 0 saturated carbocycles. The van der Waals surface area contributed by atoms with Gasteiger partial charge in [0.05, 0.1) is 0 Å². The van der Waals surface area contributed by atoms with Crippen LogP contribution in [0.2, 0.25) is 0 Å². The molecule has 0 amide bonds. The van der Waals surface area contributed by atoms with Crippen molar-refractivity contribution < 1.29 is 4.57 Å². The molecule has 0 aliphatic carbocycles. The van der Waals surface area contributed by atoms with Crippen LogP contribution in [0, 0.1) is 0 Å². The van der Waals surface area contributed by atoms with E-state index in [-0.39, 0.29) is 0 Å². The summed E-state index contributed by atoms with van der Waals surface area (Å²) in [4.78, 5) is 9.04. The minimum absolute atomic E-state index is 0.549. The fourth-order valence-electron chi connectivity index (χ4n) is 5.82. The van der Waals surface area contributed by atoms with Crippen molar-refractivity contribution in [3.63, 3.8) is 0 Å². The van der Waals surface area contributed by atoms with Crippen molar-refractivity contribution in [3.05, 3.63) is 128 Å². The lowest BCUT2D eigenvalue weighted by Crippen LogP contribution is -2.28. The summed E-state index contributed by atoms with van der Waals surface area (Å²) in [6, 6.07) is 39.4. The summed E-state index contributed by atoms with van der Waals surface area (Å²) < 4.78 is 17.2. The third-order valence-electron chi connectivity index (χ3n) is 7.63. The van der Waals surface area contributed by atoms with Crippen molar-refractivity contribution in [1.82, 2.24) is 9.97 Å². The second kappa shape index (κ2) is 8.57. The normalized spacial score (nSPS) is 12.2. The average Bonchev–Trinajstić information content (AvgIpc) is 3.37. The number of aromatic nitrogens is 2. The predicted molar refractivity (Wildman–Crippen MR) is 167 cm³/mol. The number of hydrogen-bond donors (Lipinski definition) is 0. The summed E-state index contributed by atoms with van der Waals surface area (Å²) in [6.45, 7) is 0. The molecule has 0 fully saturated rings. The molecule has 39 heavy (non-hydrogen) atoms. The minimum atomic E-state index is -3.25. The highest BCUT2D eigenvalue weighted by Gasteiger charge is 2.33. The standard InChI is InChI=1S/C34H21N2OPS/c37-38(33-13-5-7-17-35-33,34-14-6-8-18-36-34)22-15-16-27-30-20-28-25-11-3-1-9-23(25)24-10-2-4-12-26(24)29(28)21-32(30)39-31(27)19-22/h1-21H. The highest BCUT2D eigenvalue weighted by Crippen LogP contribution is 2.45. The van der Waals surface area contributed by atoms with E-state index in [0.29, 0.717) is 10.9 Å². The third-order valence-corrected chi connectivity index (χ3v) is 11.6. The van der Waals surface area contributed by atoms with Crippen LogP contribution in [-0.4, -0.2) is 9.97 Å². The number of pyridine rings is 2. The molecule has 0 saturated heterocycles. The Kier molecular flexibility index (Phi) is 4.97. The Morgan fingerprint density at radius 2 is 0.974 bits per heavy atom. The lowest BCUT2D eigenvalue weighted by Gasteiger charge is -2.17. The van der Waals surface area contributed by atoms with Crippen LogP contribution in [0.1, 0.15) is 0 Å². The number of thiophene rings is 1. The highest BCUT2D eigenvalue weighted by atomic mass is 32.1. The van der Waals surface area contributed by atoms with Gasteiger partial charge >= 0.3 is 0 Å². The first kappa shape index (κ1) is 22.6. The number of nitrogens with zero attached hydrogens (tertiary/aromatic N) is 2. The lowest BCUT2D eigenvalue weighted by atomic mass is 9.93. The SMILES string of the molecule is O=P(c1ccc2c(c1)sc1cc3c4ccccc4c4ccccc4c3cc12)(c1ccccn1)c1ccccn1. The molecule has 0 aliphatic rings. The van der Waals surface area contributed by atoms with E-state index in [9.17, 15) is 4.57 Å². The maximum atomic E-state index is 14.8. The highest BCUT2D eigenvalue weighted by molar-refractivity contribution is 7.85. The molecule has 0 aliphatic heterocycles. The average molecular weight is 537 g/mol. The van der Waals surface area contributed by atoms with Gasteiger partial charge in [-0.25, -0.2) is 0 Å². The summed E-state index contributed by atoms with van der Waals surface area (Å²) in [5.74, 6) is 0. The van der Waals surface area contributed by atoms with Crippen LogP contribution in [0.3, 0.4) is 0 Å². The smallest absolute Gasteiger partial charge is 0.206 e. The Bertz CT molecular complexity index is 2220. The van der Waals surface area contributed by atoms with Crippen LogP contribution in [0.25, 0.3) is 52.5 Å². The van der Waals surface area contributed by atoms with Crippen LogP contribution in [-0.2, 0) is 4.57 Å². The van der Waals surface area contributed by atoms with E-state index in [1.807, 2.05) is 42.5 Å². The Morgan fingerprint density at radius 1 is 0.462 bits per heavy atom. The fourth-order valence-corrected chi connectivity index (χ4v) is 9.48. The second-order valence-corrected chi connectivity index (χ2v) is 13.5. The van der Waals surface area contributed by atoms with E-state index >= 15 is 0 Å². The number of benzene rings is 5. The van der Waals surface area contributed by atoms with Gasteiger partial charge in [-0.2, -0.15) is 0 Å². The molecule has 3 heterocycles. The molecule has 0 atom stereocenters. The van der Waals surface area contributed by atoms with Gasteiger partial charge in [-0.3, -0.25) is 9.97 Å². The molecule has 0 N–H and O–H groups in total. The summed E-state index contributed by atoms with van der Waals surface area (Å²) >= 11 is 1.75. The zero-order valence-corrected chi connectivity index (χ0v) is 22.5. The van der Waals surface area contributed by atoms with E-state index in [2.05, 4.69) is 82.8 Å². The van der Waals surface area contributed by atoms with Crippen molar-refractivity contribution in [2.24, 2.45) is 0 Å². The number of hydrogen-bond acceptors (Lipinski definition) is 4. The Morgan fingerprint density at radius 3 is 1.54 bits per heavy atom. The molecule has 5 aromatic carbocycles. The third kappa shape index (κ3) is 3.32. The Balaban J connectivity index is 1.43. The second-order valence-electron chi connectivity index (χ2n) is 9.75. The largest absolute Gasteiger partial charge is 0.305 e. The zero-order chi connectivity index (χ0) is 26.0. The molecule has 0 bridgehead atoms. The number of fused-ring (bicyclic) bond motifs is 9. The first-order valence-electron chi connectivity index (χ1n) is 12.9. The lowest BCUT2D eigenvalue weighted by molar-refractivity contribution is 0.591. The van der Waals surface area contributed by atoms with Crippen LogP contribution >= 0.6 is 18.5 Å². The van der Waals surface area contributed by atoms with Crippen molar-refractivity contribution >= 4 is 87.1 Å². The molecular formula is C34H21N2OPS. The summed E-state index contributed by atoms with van der Waals surface area (Å²) in [6.07, 6.45) is 3.40. The van der Waals surface area contributed by atoms with E-state index in [0.717, 1.165) is 10.0 Å². The minimum Gasteiger partial charge on any atom is -0.305 e. The van der Waals surface area contributed by atoms with Gasteiger partial charge in [0.15, 0.2) is 0 Å².